The van der Waals surface area contributed by atoms with Crippen molar-refractivity contribution >= 4 is 29.3 Å². The molecule has 1 fully saturated rings. The summed E-state index contributed by atoms with van der Waals surface area (Å²) in [6.45, 7) is 5.56. The largest absolute Gasteiger partial charge is 0.355 e. The van der Waals surface area contributed by atoms with Crippen LogP contribution in [0.1, 0.15) is 29.5 Å². The Hall–Kier alpha value is -1.56. The number of halogens is 2. The third-order valence-electron chi connectivity index (χ3n) is 5.30. The van der Waals surface area contributed by atoms with Crippen LogP contribution in [0.25, 0.3) is 0 Å². The molecule has 0 unspecified atom stereocenters. The number of likely N-dealkylation sites (tertiary alicyclic amines) is 1. The lowest BCUT2D eigenvalue weighted by atomic mass is 9.95. The molecule has 156 valence electrons. The van der Waals surface area contributed by atoms with Gasteiger partial charge in [-0.15, -0.1) is 0 Å². The topological polar surface area (TPSA) is 32.3 Å². The first-order chi connectivity index (χ1) is 14.0. The van der Waals surface area contributed by atoms with E-state index in [0.29, 0.717) is 22.9 Å². The lowest BCUT2D eigenvalue weighted by Gasteiger charge is -2.31. The minimum atomic E-state index is -0.272. The molecule has 0 aliphatic carbocycles. The van der Waals surface area contributed by atoms with E-state index in [9.17, 15) is 9.18 Å². The molecule has 3 nitrogen and oxygen atoms in total. The molecule has 1 saturated heterocycles. The van der Waals surface area contributed by atoms with Crippen molar-refractivity contribution < 1.29 is 9.18 Å². The molecule has 1 N–H and O–H groups in total. The lowest BCUT2D eigenvalue weighted by molar-refractivity contribution is -0.126. The minimum Gasteiger partial charge on any atom is -0.355 e. The summed E-state index contributed by atoms with van der Waals surface area (Å²) in [5.41, 5.74) is 3.15. The fourth-order valence-corrected chi connectivity index (χ4v) is 4.85. The molecule has 0 saturated carbocycles. The van der Waals surface area contributed by atoms with Gasteiger partial charge in [-0.25, -0.2) is 4.39 Å². The van der Waals surface area contributed by atoms with E-state index < -0.39 is 0 Å². The van der Waals surface area contributed by atoms with Gasteiger partial charge in [0.25, 0.3) is 0 Å². The van der Waals surface area contributed by atoms with Crippen LogP contribution in [-0.2, 0) is 17.1 Å². The van der Waals surface area contributed by atoms with E-state index in [2.05, 4.69) is 41.4 Å². The molecule has 0 bridgehead atoms. The second-order valence-corrected chi connectivity index (χ2v) is 9.10. The van der Waals surface area contributed by atoms with Gasteiger partial charge in [0.2, 0.25) is 5.91 Å². The Kier molecular flexibility index (Phi) is 8.40. The van der Waals surface area contributed by atoms with Gasteiger partial charge in [0, 0.05) is 41.1 Å². The average Bonchev–Trinajstić information content (AvgIpc) is 2.70. The van der Waals surface area contributed by atoms with Crippen molar-refractivity contribution in [2.75, 3.05) is 25.4 Å². The zero-order valence-electron chi connectivity index (χ0n) is 16.8. The van der Waals surface area contributed by atoms with Gasteiger partial charge >= 0.3 is 0 Å². The first-order valence-corrected chi connectivity index (χ1v) is 11.6. The van der Waals surface area contributed by atoms with E-state index in [1.165, 1.54) is 17.2 Å². The Balaban J connectivity index is 1.32. The maximum absolute atomic E-state index is 13.7. The maximum atomic E-state index is 13.7. The second kappa shape index (κ2) is 11.0. The number of carbonyl (C=O) groups is 1. The van der Waals surface area contributed by atoms with Crippen molar-refractivity contribution in [2.24, 2.45) is 5.92 Å². The van der Waals surface area contributed by atoms with Crippen LogP contribution >= 0.6 is 23.4 Å². The maximum Gasteiger partial charge on any atom is 0.223 e. The van der Waals surface area contributed by atoms with Crippen LogP contribution in [-0.4, -0.2) is 36.2 Å². The summed E-state index contributed by atoms with van der Waals surface area (Å²) in [5.74, 6) is 1.22. The highest BCUT2D eigenvalue weighted by molar-refractivity contribution is 7.98. The summed E-state index contributed by atoms with van der Waals surface area (Å²) >= 11 is 7.62. The van der Waals surface area contributed by atoms with E-state index in [0.717, 1.165) is 38.2 Å². The van der Waals surface area contributed by atoms with Crippen LogP contribution in [0, 0.1) is 18.7 Å². The Morgan fingerprint density at radius 2 is 2.00 bits per heavy atom. The summed E-state index contributed by atoms with van der Waals surface area (Å²) in [4.78, 5) is 14.9. The first-order valence-electron chi connectivity index (χ1n) is 10.1. The van der Waals surface area contributed by atoms with Crippen LogP contribution in [0.15, 0.2) is 42.5 Å². The summed E-state index contributed by atoms with van der Waals surface area (Å²) < 4.78 is 13.7. The number of amides is 1. The van der Waals surface area contributed by atoms with E-state index in [-0.39, 0.29) is 17.6 Å². The van der Waals surface area contributed by atoms with E-state index >= 15 is 0 Å². The third-order valence-corrected chi connectivity index (χ3v) is 6.64. The van der Waals surface area contributed by atoms with Gasteiger partial charge in [-0.2, -0.15) is 11.8 Å². The molecule has 0 spiro atoms. The number of aryl methyl sites for hydroxylation is 1. The average molecular weight is 435 g/mol. The van der Waals surface area contributed by atoms with Gasteiger partial charge in [0.15, 0.2) is 0 Å². The second-order valence-electron chi connectivity index (χ2n) is 7.58. The monoisotopic (exact) mass is 434 g/mol. The predicted octanol–water partition coefficient (Wildman–Crippen LogP) is 5.05. The lowest BCUT2D eigenvalue weighted by Crippen LogP contribution is -2.40. The van der Waals surface area contributed by atoms with Gasteiger partial charge in [-0.05, 0) is 50.6 Å². The molecule has 2 aromatic rings. The Morgan fingerprint density at radius 1 is 1.24 bits per heavy atom. The zero-order valence-corrected chi connectivity index (χ0v) is 18.4. The number of nitrogens with zero attached hydrogens (tertiary/aromatic N) is 1. The highest BCUT2D eigenvalue weighted by atomic mass is 35.5. The molecule has 3 rings (SSSR count). The molecule has 1 aliphatic rings. The number of hydrogen-bond acceptors (Lipinski definition) is 3. The van der Waals surface area contributed by atoms with Gasteiger partial charge in [-0.3, -0.25) is 9.69 Å². The molecule has 1 amide bonds. The Labute approximate surface area is 182 Å². The summed E-state index contributed by atoms with van der Waals surface area (Å²) in [6, 6.07) is 13.3. The summed E-state index contributed by atoms with van der Waals surface area (Å²) in [6.07, 6.45) is 1.80. The fourth-order valence-electron chi connectivity index (χ4n) is 3.66. The van der Waals surface area contributed by atoms with Crippen LogP contribution < -0.4 is 5.32 Å². The molecule has 1 aliphatic heterocycles. The zero-order chi connectivity index (χ0) is 20.6. The van der Waals surface area contributed by atoms with E-state index in [4.69, 9.17) is 11.6 Å². The summed E-state index contributed by atoms with van der Waals surface area (Å²) in [5, 5.41) is 3.49. The standard InChI is InChI=1S/C23H28ClFN2OS/c1-17-4-2-5-18(14-17)15-27-11-8-19(9-12-27)23(28)26-10-13-29-16-20-21(24)6-3-7-22(20)25/h2-7,14,19H,8-13,15-16H2,1H3,(H,26,28). The number of benzene rings is 2. The third kappa shape index (κ3) is 6.73. The fraction of sp³-hybridized carbons (Fsp3) is 0.435. The SMILES string of the molecule is Cc1cccc(CN2CCC(C(=O)NCCSCc3c(F)cccc3Cl)CC2)c1. The number of piperidine rings is 1. The number of nitrogens with one attached hydrogen (secondary N) is 1. The van der Waals surface area contributed by atoms with Crippen LogP contribution in [0.3, 0.4) is 0 Å². The molecular formula is C23H28ClFN2OS. The van der Waals surface area contributed by atoms with Crippen LogP contribution in [0.2, 0.25) is 5.02 Å². The van der Waals surface area contributed by atoms with Crippen LogP contribution in [0.4, 0.5) is 4.39 Å². The van der Waals surface area contributed by atoms with E-state index in [1.54, 1.807) is 23.9 Å². The normalized spacial score (nSPS) is 15.4. The van der Waals surface area contributed by atoms with Gasteiger partial charge in [0.1, 0.15) is 5.82 Å². The molecule has 6 heteroatoms. The van der Waals surface area contributed by atoms with Gasteiger partial charge < -0.3 is 5.32 Å². The number of hydrogen-bond donors (Lipinski definition) is 1. The Morgan fingerprint density at radius 3 is 2.72 bits per heavy atom. The number of carbonyl (C=O) groups excluding carboxylic acids is 1. The number of thioether (sulfide) groups is 1. The Bertz CT molecular complexity index is 804. The van der Waals surface area contributed by atoms with Crippen molar-refractivity contribution in [3.63, 3.8) is 0 Å². The molecular weight excluding hydrogens is 407 g/mol. The first kappa shape index (κ1) is 22.1. The molecule has 0 atom stereocenters. The smallest absolute Gasteiger partial charge is 0.223 e. The minimum absolute atomic E-state index is 0.0924. The summed E-state index contributed by atoms with van der Waals surface area (Å²) in [7, 11) is 0. The van der Waals surface area contributed by atoms with Crippen molar-refractivity contribution in [3.8, 4) is 0 Å². The highest BCUT2D eigenvalue weighted by Gasteiger charge is 2.24. The number of rotatable bonds is 8. The quantitative estimate of drug-likeness (QED) is 0.590. The van der Waals surface area contributed by atoms with Crippen molar-refractivity contribution in [3.05, 3.63) is 70.0 Å². The predicted molar refractivity (Wildman–Crippen MR) is 120 cm³/mol. The van der Waals surface area contributed by atoms with Crippen molar-refractivity contribution in [1.29, 1.82) is 0 Å². The molecule has 0 aromatic heterocycles. The molecule has 0 radical (unpaired) electrons. The molecule has 2 aromatic carbocycles. The van der Waals surface area contributed by atoms with Crippen molar-refractivity contribution in [2.45, 2.75) is 32.1 Å². The van der Waals surface area contributed by atoms with Crippen molar-refractivity contribution in [1.82, 2.24) is 10.2 Å². The molecule has 29 heavy (non-hydrogen) atoms. The highest BCUT2D eigenvalue weighted by Crippen LogP contribution is 2.24. The van der Waals surface area contributed by atoms with Gasteiger partial charge in [-0.1, -0.05) is 47.5 Å². The van der Waals surface area contributed by atoms with Gasteiger partial charge in [0.05, 0.1) is 0 Å². The van der Waals surface area contributed by atoms with Crippen LogP contribution in [0.5, 0.6) is 0 Å². The molecule has 1 heterocycles. The van der Waals surface area contributed by atoms with E-state index in [1.807, 2.05) is 0 Å².